The van der Waals surface area contributed by atoms with Crippen molar-refractivity contribution >= 4 is 5.97 Å². The summed E-state index contributed by atoms with van der Waals surface area (Å²) in [5.41, 5.74) is 4.00. The van der Waals surface area contributed by atoms with Gasteiger partial charge in [-0.25, -0.2) is 4.79 Å². The summed E-state index contributed by atoms with van der Waals surface area (Å²) in [6.45, 7) is 4.65. The van der Waals surface area contributed by atoms with Crippen LogP contribution in [0.4, 0.5) is 0 Å². The lowest BCUT2D eigenvalue weighted by Crippen LogP contribution is -2.25. The van der Waals surface area contributed by atoms with Crippen molar-refractivity contribution in [2.45, 2.75) is 39.3 Å². The van der Waals surface area contributed by atoms with Gasteiger partial charge in [0, 0.05) is 37.3 Å². The lowest BCUT2D eigenvalue weighted by Gasteiger charge is -2.15. The molecule has 0 saturated carbocycles. The highest BCUT2D eigenvalue weighted by atomic mass is 16.5. The minimum absolute atomic E-state index is 0.311. The summed E-state index contributed by atoms with van der Waals surface area (Å²) in [4.78, 5) is 12.1. The second-order valence-corrected chi connectivity index (χ2v) is 5.73. The van der Waals surface area contributed by atoms with Crippen LogP contribution in [0.5, 0.6) is 0 Å². The third-order valence-electron chi connectivity index (χ3n) is 4.15. The van der Waals surface area contributed by atoms with E-state index < -0.39 is 0 Å². The second-order valence-electron chi connectivity index (χ2n) is 5.73. The number of aromatic nitrogens is 2. The van der Waals surface area contributed by atoms with Crippen LogP contribution in [0.25, 0.3) is 0 Å². The zero-order valence-corrected chi connectivity index (χ0v) is 13.5. The van der Waals surface area contributed by atoms with Gasteiger partial charge in [0.2, 0.25) is 0 Å². The van der Waals surface area contributed by atoms with Gasteiger partial charge in [-0.3, -0.25) is 4.68 Å². The molecule has 2 aromatic rings. The molecule has 1 aliphatic heterocycles. The van der Waals surface area contributed by atoms with Gasteiger partial charge in [0.05, 0.1) is 6.61 Å². The maximum atomic E-state index is 12.1. The van der Waals surface area contributed by atoms with E-state index in [-0.39, 0.29) is 5.97 Å². The first-order valence-electron chi connectivity index (χ1n) is 8.30. The molecule has 0 spiro atoms. The van der Waals surface area contributed by atoms with Crippen LogP contribution in [0, 0.1) is 0 Å². The summed E-state index contributed by atoms with van der Waals surface area (Å²) in [7, 11) is 0. The normalized spacial score (nSPS) is 13.6. The Morgan fingerprint density at radius 3 is 2.96 bits per heavy atom. The number of benzene rings is 1. The number of nitrogens with one attached hydrogen (secondary N) is 1. The number of hydrogen-bond donors (Lipinski definition) is 1. The number of hydrogen-bond acceptors (Lipinski definition) is 4. The monoisotopic (exact) mass is 313 g/mol. The Morgan fingerprint density at radius 2 is 2.17 bits per heavy atom. The van der Waals surface area contributed by atoms with Crippen LogP contribution in [0.1, 0.15) is 40.7 Å². The van der Waals surface area contributed by atoms with Crippen molar-refractivity contribution in [3.8, 4) is 0 Å². The lowest BCUT2D eigenvalue weighted by atomic mass is 10.1. The van der Waals surface area contributed by atoms with Gasteiger partial charge in [-0.15, -0.1) is 0 Å². The number of ether oxygens (including phenoxy) is 1. The number of carbonyl (C=O) groups excluding carboxylic acids is 1. The Morgan fingerprint density at radius 1 is 1.35 bits per heavy atom. The molecule has 1 aromatic heterocycles. The molecule has 1 aliphatic rings. The van der Waals surface area contributed by atoms with E-state index in [1.54, 1.807) is 0 Å². The zero-order valence-electron chi connectivity index (χ0n) is 13.5. The summed E-state index contributed by atoms with van der Waals surface area (Å²) in [5.74, 6) is -0.311. The van der Waals surface area contributed by atoms with Gasteiger partial charge in [0.15, 0.2) is 5.69 Å². The molecule has 0 unspecified atom stereocenters. The van der Waals surface area contributed by atoms with Crippen molar-refractivity contribution in [3.05, 3.63) is 52.8 Å². The minimum Gasteiger partial charge on any atom is -0.461 e. The fraction of sp³-hybridized carbons (Fsp3) is 0.444. The standard InChI is InChI=1S/C18H23N3O2/c1-2-23-18(22)17-15-13-19-11-10-16(15)21(20-17)12-6-9-14-7-4-3-5-8-14/h3-5,7-8,19H,2,6,9-13H2,1H3. The molecule has 0 fully saturated rings. The first-order valence-corrected chi connectivity index (χ1v) is 8.30. The maximum Gasteiger partial charge on any atom is 0.359 e. The van der Waals surface area contributed by atoms with E-state index in [0.717, 1.165) is 37.9 Å². The van der Waals surface area contributed by atoms with E-state index in [4.69, 9.17) is 4.74 Å². The molecule has 0 saturated heterocycles. The molecule has 3 rings (SSSR count). The van der Waals surface area contributed by atoms with Crippen LogP contribution in [-0.4, -0.2) is 28.9 Å². The van der Waals surface area contributed by atoms with E-state index in [9.17, 15) is 4.79 Å². The Labute approximate surface area is 136 Å². The Bertz CT molecular complexity index is 664. The molecule has 2 heterocycles. The quantitative estimate of drug-likeness (QED) is 0.832. The number of aryl methyl sites for hydroxylation is 2. The summed E-state index contributed by atoms with van der Waals surface area (Å²) in [6, 6.07) is 10.5. The maximum absolute atomic E-state index is 12.1. The molecular formula is C18H23N3O2. The van der Waals surface area contributed by atoms with Crippen LogP contribution >= 0.6 is 0 Å². The predicted octanol–water partition coefficient (Wildman–Crippen LogP) is 2.34. The van der Waals surface area contributed by atoms with Gasteiger partial charge in [0.25, 0.3) is 0 Å². The van der Waals surface area contributed by atoms with Gasteiger partial charge >= 0.3 is 5.97 Å². The van der Waals surface area contributed by atoms with E-state index in [1.165, 1.54) is 11.3 Å². The Kier molecular flexibility index (Phi) is 5.08. The first-order chi connectivity index (χ1) is 11.3. The van der Waals surface area contributed by atoms with E-state index >= 15 is 0 Å². The van der Waals surface area contributed by atoms with Crippen LogP contribution in [0.2, 0.25) is 0 Å². The van der Waals surface area contributed by atoms with Gasteiger partial charge in [-0.1, -0.05) is 30.3 Å². The molecule has 0 atom stereocenters. The van der Waals surface area contributed by atoms with Crippen LogP contribution in [-0.2, 0) is 30.7 Å². The molecule has 122 valence electrons. The largest absolute Gasteiger partial charge is 0.461 e. The zero-order chi connectivity index (χ0) is 16.1. The van der Waals surface area contributed by atoms with E-state index in [1.807, 2.05) is 17.7 Å². The van der Waals surface area contributed by atoms with Crippen molar-refractivity contribution in [2.24, 2.45) is 0 Å². The lowest BCUT2D eigenvalue weighted by molar-refractivity contribution is 0.0517. The molecule has 0 radical (unpaired) electrons. The molecule has 0 amide bonds. The van der Waals surface area contributed by atoms with Gasteiger partial charge < -0.3 is 10.1 Å². The van der Waals surface area contributed by atoms with Crippen molar-refractivity contribution in [2.75, 3.05) is 13.2 Å². The number of rotatable bonds is 6. The molecule has 1 aromatic carbocycles. The Hall–Kier alpha value is -2.14. The van der Waals surface area contributed by atoms with Crippen molar-refractivity contribution in [1.82, 2.24) is 15.1 Å². The summed E-state index contributed by atoms with van der Waals surface area (Å²) >= 11 is 0. The number of carbonyl (C=O) groups is 1. The predicted molar refractivity (Wildman–Crippen MR) is 88.4 cm³/mol. The van der Waals surface area contributed by atoms with Crippen LogP contribution in [0.15, 0.2) is 30.3 Å². The fourth-order valence-electron chi connectivity index (χ4n) is 3.05. The second kappa shape index (κ2) is 7.42. The SMILES string of the molecule is CCOC(=O)c1nn(CCCc2ccccc2)c2c1CNCC2. The number of fused-ring (bicyclic) bond motifs is 1. The third kappa shape index (κ3) is 3.62. The highest BCUT2D eigenvalue weighted by Gasteiger charge is 2.25. The molecule has 23 heavy (non-hydrogen) atoms. The molecule has 0 aliphatic carbocycles. The highest BCUT2D eigenvalue weighted by molar-refractivity contribution is 5.89. The van der Waals surface area contributed by atoms with Crippen molar-refractivity contribution < 1.29 is 9.53 Å². The van der Waals surface area contributed by atoms with Gasteiger partial charge in [-0.2, -0.15) is 5.10 Å². The Balaban J connectivity index is 1.72. The van der Waals surface area contributed by atoms with Gasteiger partial charge in [-0.05, 0) is 25.3 Å². The summed E-state index contributed by atoms with van der Waals surface area (Å²) < 4.78 is 7.14. The minimum atomic E-state index is -0.311. The first kappa shape index (κ1) is 15.7. The number of nitrogens with zero attached hydrogens (tertiary/aromatic N) is 2. The third-order valence-corrected chi connectivity index (χ3v) is 4.15. The van der Waals surface area contributed by atoms with E-state index in [2.05, 4.69) is 34.7 Å². The van der Waals surface area contributed by atoms with E-state index in [0.29, 0.717) is 18.8 Å². The molecule has 5 heteroatoms. The van der Waals surface area contributed by atoms with Crippen LogP contribution < -0.4 is 5.32 Å². The fourth-order valence-corrected chi connectivity index (χ4v) is 3.05. The average molecular weight is 313 g/mol. The molecule has 5 nitrogen and oxygen atoms in total. The topological polar surface area (TPSA) is 56.1 Å². The number of esters is 1. The van der Waals surface area contributed by atoms with Gasteiger partial charge in [0.1, 0.15) is 0 Å². The average Bonchev–Trinajstić information content (AvgIpc) is 2.95. The highest BCUT2D eigenvalue weighted by Crippen LogP contribution is 2.20. The molecule has 1 N–H and O–H groups in total. The molecular weight excluding hydrogens is 290 g/mol. The summed E-state index contributed by atoms with van der Waals surface area (Å²) in [5, 5.41) is 7.86. The molecule has 0 bridgehead atoms. The van der Waals surface area contributed by atoms with Crippen molar-refractivity contribution in [1.29, 1.82) is 0 Å². The smallest absolute Gasteiger partial charge is 0.359 e. The van der Waals surface area contributed by atoms with Crippen molar-refractivity contribution in [3.63, 3.8) is 0 Å². The van der Waals surface area contributed by atoms with Crippen LogP contribution in [0.3, 0.4) is 0 Å². The summed E-state index contributed by atoms with van der Waals surface area (Å²) in [6.07, 6.45) is 2.93.